The number of furan rings is 1. The standard InChI is InChI=1S/C25H30N2O6/c1-2-14-32-19-8-6-18(7-9-19)23(28)21-22(20-5-3-15-33-20)27(25(30)24(21)29)11-4-10-26-12-16-31-17-13-26/h3,5-9,15,22,28H,2,4,10-14,16-17H2,1H3/b23-21-. The van der Waals surface area contributed by atoms with E-state index in [1.807, 2.05) is 6.92 Å². The first-order valence-corrected chi connectivity index (χ1v) is 11.4. The van der Waals surface area contributed by atoms with E-state index in [0.29, 0.717) is 49.9 Å². The minimum atomic E-state index is -0.763. The number of ether oxygens (including phenoxy) is 2. The van der Waals surface area contributed by atoms with E-state index in [2.05, 4.69) is 4.90 Å². The van der Waals surface area contributed by atoms with Crippen molar-refractivity contribution in [1.29, 1.82) is 0 Å². The Balaban J connectivity index is 1.58. The number of aliphatic hydroxyl groups is 1. The minimum Gasteiger partial charge on any atom is -0.507 e. The van der Waals surface area contributed by atoms with Crippen LogP contribution in [0.15, 0.2) is 52.7 Å². The number of amides is 1. The molecule has 8 nitrogen and oxygen atoms in total. The number of hydrogen-bond acceptors (Lipinski definition) is 7. The van der Waals surface area contributed by atoms with Gasteiger partial charge in [-0.15, -0.1) is 0 Å². The van der Waals surface area contributed by atoms with Crippen LogP contribution in [-0.2, 0) is 14.3 Å². The van der Waals surface area contributed by atoms with Gasteiger partial charge in [-0.25, -0.2) is 0 Å². The molecule has 2 aromatic rings. The van der Waals surface area contributed by atoms with Crippen LogP contribution < -0.4 is 4.74 Å². The summed E-state index contributed by atoms with van der Waals surface area (Å²) in [6.07, 6.45) is 3.09. The van der Waals surface area contributed by atoms with Crippen LogP contribution in [0.4, 0.5) is 0 Å². The van der Waals surface area contributed by atoms with Crippen LogP contribution in [0.25, 0.3) is 5.76 Å². The summed E-state index contributed by atoms with van der Waals surface area (Å²) in [5, 5.41) is 11.1. The lowest BCUT2D eigenvalue weighted by Gasteiger charge is -2.28. The van der Waals surface area contributed by atoms with Crippen LogP contribution in [0.2, 0.25) is 0 Å². The maximum atomic E-state index is 13.0. The predicted octanol–water partition coefficient (Wildman–Crippen LogP) is 3.21. The van der Waals surface area contributed by atoms with Crippen molar-refractivity contribution in [2.24, 2.45) is 0 Å². The molecule has 33 heavy (non-hydrogen) atoms. The summed E-state index contributed by atoms with van der Waals surface area (Å²) in [4.78, 5) is 29.7. The molecule has 1 amide bonds. The third-order valence-electron chi connectivity index (χ3n) is 5.93. The normalized spacial score (nSPS) is 21.0. The molecular formula is C25H30N2O6. The summed E-state index contributed by atoms with van der Waals surface area (Å²) in [6, 6.07) is 9.52. The Morgan fingerprint density at radius 3 is 2.55 bits per heavy atom. The lowest BCUT2D eigenvalue weighted by atomic mass is 9.99. The van der Waals surface area contributed by atoms with Crippen LogP contribution in [0, 0.1) is 0 Å². The van der Waals surface area contributed by atoms with E-state index in [1.54, 1.807) is 36.4 Å². The molecule has 1 unspecified atom stereocenters. The quantitative estimate of drug-likeness (QED) is 0.353. The van der Waals surface area contributed by atoms with Gasteiger partial charge in [0.15, 0.2) is 0 Å². The van der Waals surface area contributed by atoms with Gasteiger partial charge in [0.1, 0.15) is 23.3 Å². The van der Waals surface area contributed by atoms with Gasteiger partial charge < -0.3 is 23.9 Å². The van der Waals surface area contributed by atoms with E-state index < -0.39 is 17.7 Å². The molecule has 4 rings (SSSR count). The molecule has 1 aromatic carbocycles. The molecule has 2 aliphatic rings. The number of ketones is 1. The molecule has 1 N–H and O–H groups in total. The second-order valence-electron chi connectivity index (χ2n) is 8.19. The Morgan fingerprint density at radius 1 is 1.12 bits per heavy atom. The zero-order valence-electron chi connectivity index (χ0n) is 18.9. The lowest BCUT2D eigenvalue weighted by Crippen LogP contribution is -2.38. The summed E-state index contributed by atoms with van der Waals surface area (Å²) in [5.74, 6) is -0.411. The molecule has 0 bridgehead atoms. The Morgan fingerprint density at radius 2 is 1.88 bits per heavy atom. The highest BCUT2D eigenvalue weighted by molar-refractivity contribution is 6.46. The maximum absolute atomic E-state index is 13.0. The van der Waals surface area contributed by atoms with Crippen molar-refractivity contribution in [2.75, 3.05) is 46.0 Å². The SMILES string of the molecule is CCCOc1ccc(/C(O)=C2/C(=O)C(=O)N(CCCN3CCOCC3)C2c2ccco2)cc1. The first-order valence-electron chi connectivity index (χ1n) is 11.4. The van der Waals surface area contributed by atoms with Gasteiger partial charge in [0, 0.05) is 31.7 Å². The number of benzene rings is 1. The van der Waals surface area contributed by atoms with E-state index >= 15 is 0 Å². The van der Waals surface area contributed by atoms with Crippen molar-refractivity contribution in [2.45, 2.75) is 25.8 Å². The molecule has 0 saturated carbocycles. The van der Waals surface area contributed by atoms with Gasteiger partial charge in [0.25, 0.3) is 11.7 Å². The number of nitrogens with zero attached hydrogens (tertiary/aromatic N) is 2. The number of morpholine rings is 1. The zero-order valence-corrected chi connectivity index (χ0v) is 18.9. The third kappa shape index (κ3) is 5.12. The monoisotopic (exact) mass is 454 g/mol. The van der Waals surface area contributed by atoms with Crippen molar-refractivity contribution in [3.63, 3.8) is 0 Å². The molecule has 176 valence electrons. The molecule has 0 radical (unpaired) electrons. The van der Waals surface area contributed by atoms with Crippen LogP contribution in [0.5, 0.6) is 5.75 Å². The Bertz CT molecular complexity index is 977. The molecule has 2 saturated heterocycles. The average Bonchev–Trinajstić information content (AvgIpc) is 3.46. The Kier molecular flexibility index (Phi) is 7.47. The molecular weight excluding hydrogens is 424 g/mol. The van der Waals surface area contributed by atoms with Crippen LogP contribution in [0.1, 0.15) is 37.1 Å². The maximum Gasteiger partial charge on any atom is 0.295 e. The summed E-state index contributed by atoms with van der Waals surface area (Å²) in [6.45, 7) is 6.94. The fourth-order valence-electron chi connectivity index (χ4n) is 4.23. The smallest absolute Gasteiger partial charge is 0.295 e. The van der Waals surface area contributed by atoms with Crippen molar-refractivity contribution in [3.05, 3.63) is 59.6 Å². The largest absolute Gasteiger partial charge is 0.507 e. The fourth-order valence-corrected chi connectivity index (χ4v) is 4.23. The number of hydrogen-bond donors (Lipinski definition) is 1. The van der Waals surface area contributed by atoms with E-state index in [-0.39, 0.29) is 11.3 Å². The van der Waals surface area contributed by atoms with E-state index in [9.17, 15) is 14.7 Å². The number of carbonyl (C=O) groups excluding carboxylic acids is 2. The van der Waals surface area contributed by atoms with Gasteiger partial charge in [0.2, 0.25) is 0 Å². The van der Waals surface area contributed by atoms with Crippen LogP contribution in [0.3, 0.4) is 0 Å². The molecule has 1 atom stereocenters. The second kappa shape index (κ2) is 10.7. The van der Waals surface area contributed by atoms with Gasteiger partial charge in [-0.05, 0) is 49.2 Å². The third-order valence-corrected chi connectivity index (χ3v) is 5.93. The summed E-state index contributed by atoms with van der Waals surface area (Å²) < 4.78 is 16.6. The highest BCUT2D eigenvalue weighted by Gasteiger charge is 2.47. The number of likely N-dealkylation sites (tertiary alicyclic amines) is 1. The van der Waals surface area contributed by atoms with E-state index in [1.165, 1.54) is 11.2 Å². The molecule has 3 heterocycles. The highest BCUT2D eigenvalue weighted by Crippen LogP contribution is 2.39. The van der Waals surface area contributed by atoms with Crippen molar-refractivity contribution in [1.82, 2.24) is 9.80 Å². The van der Waals surface area contributed by atoms with Crippen molar-refractivity contribution in [3.8, 4) is 5.75 Å². The van der Waals surface area contributed by atoms with Gasteiger partial charge in [-0.3, -0.25) is 14.5 Å². The van der Waals surface area contributed by atoms with Crippen LogP contribution in [-0.4, -0.2) is 72.6 Å². The Labute approximate surface area is 193 Å². The Hall–Kier alpha value is -3.10. The van der Waals surface area contributed by atoms with Crippen molar-refractivity contribution >= 4 is 17.4 Å². The molecule has 2 aliphatic heterocycles. The summed E-state index contributed by atoms with van der Waals surface area (Å²) in [7, 11) is 0. The second-order valence-corrected chi connectivity index (χ2v) is 8.19. The average molecular weight is 455 g/mol. The highest BCUT2D eigenvalue weighted by atomic mass is 16.5. The van der Waals surface area contributed by atoms with Crippen molar-refractivity contribution < 1.29 is 28.6 Å². The summed E-state index contributed by atoms with van der Waals surface area (Å²) in [5.41, 5.74) is 0.491. The lowest BCUT2D eigenvalue weighted by molar-refractivity contribution is -0.140. The minimum absolute atomic E-state index is 0.0450. The van der Waals surface area contributed by atoms with Crippen LogP contribution >= 0.6 is 0 Å². The van der Waals surface area contributed by atoms with Gasteiger partial charge >= 0.3 is 0 Å². The van der Waals surface area contributed by atoms with Gasteiger partial charge in [-0.2, -0.15) is 0 Å². The van der Waals surface area contributed by atoms with Gasteiger partial charge in [-0.1, -0.05) is 6.92 Å². The molecule has 1 aromatic heterocycles. The van der Waals surface area contributed by atoms with Gasteiger partial charge in [0.05, 0.1) is 31.7 Å². The van der Waals surface area contributed by atoms with E-state index in [0.717, 1.165) is 26.1 Å². The number of aliphatic hydroxyl groups excluding tert-OH is 1. The molecule has 0 aliphatic carbocycles. The number of Topliss-reactive ketones (excluding diaryl/α,β-unsaturated/α-hetero) is 1. The topological polar surface area (TPSA) is 92.5 Å². The summed E-state index contributed by atoms with van der Waals surface area (Å²) >= 11 is 0. The van der Waals surface area contributed by atoms with E-state index in [4.69, 9.17) is 13.9 Å². The molecule has 2 fully saturated rings. The first-order chi connectivity index (χ1) is 16.1. The number of carbonyl (C=O) groups is 2. The fraction of sp³-hybridized carbons (Fsp3) is 0.440. The predicted molar refractivity (Wildman–Crippen MR) is 122 cm³/mol. The zero-order chi connectivity index (χ0) is 23.2. The first kappa shape index (κ1) is 23.1. The molecule has 8 heteroatoms. The molecule has 0 spiro atoms. The number of rotatable bonds is 9.